The van der Waals surface area contributed by atoms with Crippen molar-refractivity contribution in [1.82, 2.24) is 26.0 Å². The molecule has 1 unspecified atom stereocenters. The van der Waals surface area contributed by atoms with Crippen LogP contribution in [0.25, 0.3) is 6.08 Å². The van der Waals surface area contributed by atoms with Gasteiger partial charge in [-0.2, -0.15) is 22.0 Å². The average molecular weight is 527 g/mol. The number of aryl methyl sites for hydroxylation is 1. The monoisotopic (exact) mass is 526 g/mol. The van der Waals surface area contributed by atoms with Gasteiger partial charge < -0.3 is 9.67 Å². The largest absolute Gasteiger partial charge is 0.477 e. The van der Waals surface area contributed by atoms with E-state index in [0.717, 1.165) is 15.7 Å². The Morgan fingerprint density at radius 1 is 1.24 bits per heavy atom. The summed E-state index contributed by atoms with van der Waals surface area (Å²) in [7, 11) is 0. The summed E-state index contributed by atoms with van der Waals surface area (Å²) in [4.78, 5) is 15.3. The van der Waals surface area contributed by atoms with Crippen molar-refractivity contribution in [3.63, 3.8) is 0 Å². The molecule has 2 heterocycles. The summed E-state index contributed by atoms with van der Waals surface area (Å²) in [5.41, 5.74) is 6.88. The van der Waals surface area contributed by atoms with Gasteiger partial charge in [0.25, 0.3) is 0 Å². The third-order valence-electron chi connectivity index (χ3n) is 5.75. The zero-order chi connectivity index (χ0) is 27.2. The van der Waals surface area contributed by atoms with Crippen molar-refractivity contribution in [2.24, 2.45) is 11.0 Å². The maximum Gasteiger partial charge on any atom is 0.459 e. The minimum Gasteiger partial charge on any atom is -0.477 e. The molecule has 1 aromatic heterocycles. The van der Waals surface area contributed by atoms with E-state index in [4.69, 9.17) is 0 Å². The van der Waals surface area contributed by atoms with E-state index in [1.165, 1.54) is 6.08 Å². The number of aromatic nitrogens is 2. The normalized spacial score (nSPS) is 14.8. The van der Waals surface area contributed by atoms with Gasteiger partial charge in [-0.1, -0.05) is 49.4 Å². The second-order valence-electron chi connectivity index (χ2n) is 8.35. The second kappa shape index (κ2) is 11.5. The van der Waals surface area contributed by atoms with E-state index in [1.807, 2.05) is 36.4 Å². The molecule has 13 heteroatoms. The van der Waals surface area contributed by atoms with Crippen molar-refractivity contribution in [2.45, 2.75) is 51.3 Å². The van der Waals surface area contributed by atoms with Crippen molar-refractivity contribution in [2.75, 3.05) is 0 Å². The van der Waals surface area contributed by atoms with E-state index in [2.05, 4.69) is 33.2 Å². The van der Waals surface area contributed by atoms with Crippen LogP contribution in [0.5, 0.6) is 0 Å². The van der Waals surface area contributed by atoms with Crippen LogP contribution in [0.1, 0.15) is 59.3 Å². The van der Waals surface area contributed by atoms with Gasteiger partial charge in [0.1, 0.15) is 5.82 Å². The number of allylic oxidation sites excluding steroid dienone is 2. The van der Waals surface area contributed by atoms with Gasteiger partial charge in [-0.25, -0.2) is 15.3 Å². The van der Waals surface area contributed by atoms with Crippen LogP contribution in [0.15, 0.2) is 48.1 Å². The number of benzene rings is 1. The van der Waals surface area contributed by atoms with Gasteiger partial charge in [0, 0.05) is 18.5 Å². The summed E-state index contributed by atoms with van der Waals surface area (Å²) in [5, 5.41) is 13.7. The SMILES string of the molecule is C=CC(CC/C=C/c1ccccc1C1=NNNN1)Cn1c(CCC)nc(C(F)(F)C(F)(F)F)c1C(=O)O. The van der Waals surface area contributed by atoms with Crippen molar-refractivity contribution in [1.29, 1.82) is 0 Å². The Labute approximate surface area is 209 Å². The molecule has 1 aliphatic heterocycles. The van der Waals surface area contributed by atoms with Crippen LogP contribution in [-0.2, 0) is 18.9 Å². The number of carboxylic acids is 1. The number of aromatic carboxylic acids is 1. The Morgan fingerprint density at radius 2 is 1.97 bits per heavy atom. The summed E-state index contributed by atoms with van der Waals surface area (Å²) in [6, 6.07) is 7.49. The fourth-order valence-corrected chi connectivity index (χ4v) is 3.90. The van der Waals surface area contributed by atoms with Gasteiger partial charge in [-0.3, -0.25) is 5.43 Å². The third kappa shape index (κ3) is 6.16. The van der Waals surface area contributed by atoms with E-state index in [9.17, 15) is 31.9 Å². The molecule has 0 fully saturated rings. The number of hydrazone groups is 1. The zero-order valence-electron chi connectivity index (χ0n) is 19.9. The lowest BCUT2D eigenvalue weighted by molar-refractivity contribution is -0.291. The number of amidine groups is 1. The molecule has 0 saturated heterocycles. The molecule has 37 heavy (non-hydrogen) atoms. The molecule has 1 aliphatic rings. The molecule has 3 rings (SSSR count). The van der Waals surface area contributed by atoms with Gasteiger partial charge >= 0.3 is 18.1 Å². The van der Waals surface area contributed by atoms with Crippen LogP contribution in [0.3, 0.4) is 0 Å². The molecule has 2 aromatic rings. The minimum absolute atomic E-state index is 0.0381. The Morgan fingerprint density at radius 3 is 2.57 bits per heavy atom. The molecule has 1 aromatic carbocycles. The Kier molecular flexibility index (Phi) is 8.69. The van der Waals surface area contributed by atoms with E-state index >= 15 is 0 Å². The molecule has 0 amide bonds. The molecule has 0 saturated carbocycles. The predicted molar refractivity (Wildman–Crippen MR) is 127 cm³/mol. The smallest absolute Gasteiger partial charge is 0.459 e. The molecule has 200 valence electrons. The van der Waals surface area contributed by atoms with Gasteiger partial charge in [-0.05, 0) is 30.7 Å². The maximum absolute atomic E-state index is 14.2. The maximum atomic E-state index is 14.2. The number of hydrogen-bond acceptors (Lipinski definition) is 6. The quantitative estimate of drug-likeness (QED) is 0.235. The molecular weight excluding hydrogens is 499 g/mol. The van der Waals surface area contributed by atoms with Crippen LogP contribution in [-0.4, -0.2) is 32.6 Å². The number of alkyl halides is 5. The predicted octanol–water partition coefficient (Wildman–Crippen LogP) is 4.76. The molecule has 4 N–H and O–H groups in total. The van der Waals surface area contributed by atoms with E-state index in [0.29, 0.717) is 25.1 Å². The van der Waals surface area contributed by atoms with E-state index < -0.39 is 35.4 Å². The number of imidazole rings is 1. The Balaban J connectivity index is 1.81. The fraction of sp³-hybridized carbons (Fsp3) is 0.375. The third-order valence-corrected chi connectivity index (χ3v) is 5.75. The highest BCUT2D eigenvalue weighted by molar-refractivity contribution is 6.01. The molecule has 0 aliphatic carbocycles. The van der Waals surface area contributed by atoms with Crippen LogP contribution in [0, 0.1) is 5.92 Å². The van der Waals surface area contributed by atoms with Gasteiger partial charge in [0.15, 0.2) is 17.2 Å². The van der Waals surface area contributed by atoms with Gasteiger partial charge in [0.2, 0.25) is 0 Å². The number of nitrogens with zero attached hydrogens (tertiary/aromatic N) is 3. The Bertz CT molecular complexity index is 1190. The summed E-state index contributed by atoms with van der Waals surface area (Å²) >= 11 is 0. The zero-order valence-corrected chi connectivity index (χ0v) is 19.9. The number of carboxylic acid groups (broad SMARTS) is 1. The summed E-state index contributed by atoms with van der Waals surface area (Å²) < 4.78 is 68.5. The standard InChI is InChI=1S/C24H27F5N6O2/c1-3-9-18-30-20(23(25,26)24(27,28)29)19(22(36)37)35(18)14-15(4-2)10-5-6-11-16-12-7-8-13-17(16)21-31-33-34-32-21/h4,6-8,11-13,15,33-34H,2-3,5,9-10,14H2,1H3,(H,31,32)(H,36,37)/b11-6+. The first-order valence-corrected chi connectivity index (χ1v) is 11.5. The number of hydrogen-bond donors (Lipinski definition) is 4. The number of hydrazine groups is 2. The van der Waals surface area contributed by atoms with Gasteiger partial charge in [0.05, 0.1) is 0 Å². The lowest BCUT2D eigenvalue weighted by Gasteiger charge is -2.19. The lowest BCUT2D eigenvalue weighted by atomic mass is 10.0. The number of carbonyl (C=O) groups is 1. The van der Waals surface area contributed by atoms with Crippen LogP contribution < -0.4 is 16.5 Å². The fourth-order valence-electron chi connectivity index (χ4n) is 3.90. The van der Waals surface area contributed by atoms with Crippen molar-refractivity contribution in [3.8, 4) is 0 Å². The molecule has 0 spiro atoms. The average Bonchev–Trinajstić information content (AvgIpc) is 3.50. The minimum atomic E-state index is -5.98. The molecular formula is C24H27F5N6O2. The van der Waals surface area contributed by atoms with Crippen molar-refractivity contribution < 1.29 is 31.9 Å². The van der Waals surface area contributed by atoms with Crippen molar-refractivity contribution >= 4 is 17.9 Å². The second-order valence-corrected chi connectivity index (χ2v) is 8.35. The van der Waals surface area contributed by atoms with E-state index in [1.54, 1.807) is 6.92 Å². The Hall–Kier alpha value is -3.74. The van der Waals surface area contributed by atoms with Gasteiger partial charge in [-0.15, -0.1) is 17.2 Å². The molecule has 0 radical (unpaired) electrons. The van der Waals surface area contributed by atoms with E-state index in [-0.39, 0.29) is 18.8 Å². The molecule has 8 nitrogen and oxygen atoms in total. The highest BCUT2D eigenvalue weighted by Crippen LogP contribution is 2.45. The summed E-state index contributed by atoms with van der Waals surface area (Å²) in [6.07, 6.45) is 0.668. The lowest BCUT2D eigenvalue weighted by Crippen LogP contribution is -2.36. The number of rotatable bonds is 12. The first kappa shape index (κ1) is 27.8. The van der Waals surface area contributed by atoms with Crippen LogP contribution in [0.4, 0.5) is 22.0 Å². The molecule has 0 bridgehead atoms. The molecule has 1 atom stereocenters. The summed E-state index contributed by atoms with van der Waals surface area (Å²) in [6.45, 7) is 5.27. The van der Waals surface area contributed by atoms with Crippen molar-refractivity contribution in [3.05, 3.63) is 71.3 Å². The highest BCUT2D eigenvalue weighted by Gasteiger charge is 2.62. The number of halogens is 5. The summed E-state index contributed by atoms with van der Waals surface area (Å²) in [5.74, 6) is -7.26. The topological polar surface area (TPSA) is 104 Å². The first-order valence-electron chi connectivity index (χ1n) is 11.5. The van der Waals surface area contributed by atoms with Crippen LogP contribution in [0.2, 0.25) is 0 Å². The highest BCUT2D eigenvalue weighted by atomic mass is 19.4. The van der Waals surface area contributed by atoms with Crippen LogP contribution >= 0.6 is 0 Å². The number of nitrogens with one attached hydrogen (secondary N) is 3. The first-order chi connectivity index (χ1) is 17.5.